The molecule has 6 atom stereocenters. The normalized spacial score (nSPS) is 30.5. The summed E-state index contributed by atoms with van der Waals surface area (Å²) in [6, 6.07) is 9.35. The van der Waals surface area contributed by atoms with Crippen molar-refractivity contribution in [2.24, 2.45) is 35.3 Å². The number of phenolic OH excluding ortho intramolecular Hbond substituents is 1. The van der Waals surface area contributed by atoms with E-state index in [1.165, 1.54) is 11.0 Å². The number of Topliss-reactive ketones (excluding diaryl/α,β-unsaturated/α-hetero) is 5. The van der Waals surface area contributed by atoms with Crippen molar-refractivity contribution in [1.29, 1.82) is 0 Å². The van der Waals surface area contributed by atoms with Gasteiger partial charge in [-0.2, -0.15) is 0 Å². The molecule has 2 aromatic carbocycles. The van der Waals surface area contributed by atoms with Crippen LogP contribution in [0, 0.1) is 29.6 Å². The Kier molecular flexibility index (Phi) is 6.54. The summed E-state index contributed by atoms with van der Waals surface area (Å²) in [5, 5.41) is 22.5. The van der Waals surface area contributed by atoms with Gasteiger partial charge in [0.15, 0.2) is 34.7 Å². The fraction of sp³-hybridized carbons (Fsp3) is 0.438. The molecule has 0 heterocycles. The predicted molar refractivity (Wildman–Crippen MR) is 148 cm³/mol. The maximum Gasteiger partial charge on any atom is 0.235 e. The number of phenols is 1. The van der Waals surface area contributed by atoms with E-state index in [2.05, 4.69) is 0 Å². The minimum Gasteiger partial charge on any atom is -0.507 e. The summed E-state index contributed by atoms with van der Waals surface area (Å²) in [5.74, 6) is -10.3. The van der Waals surface area contributed by atoms with Crippen LogP contribution in [0.1, 0.15) is 40.7 Å². The molecule has 3 fully saturated rings. The highest BCUT2D eigenvalue weighted by Gasteiger charge is 2.69. The number of amides is 1. The monoisotopic (exact) mass is 572 g/mol. The lowest BCUT2D eigenvalue weighted by atomic mass is 9.52. The first kappa shape index (κ1) is 28.1. The zero-order valence-corrected chi connectivity index (χ0v) is 23.3. The predicted octanol–water partition coefficient (Wildman–Crippen LogP) is 1.06. The maximum atomic E-state index is 14.0. The number of nitrogens with zero attached hydrogens (tertiary/aromatic N) is 1. The Morgan fingerprint density at radius 2 is 1.67 bits per heavy atom. The summed E-state index contributed by atoms with van der Waals surface area (Å²) in [6.07, 6.45) is 2.40. The average Bonchev–Trinajstić information content (AvgIpc) is 3.77. The Morgan fingerprint density at radius 1 is 1.00 bits per heavy atom. The zero-order valence-electron chi connectivity index (χ0n) is 23.3. The molecule has 0 spiro atoms. The van der Waals surface area contributed by atoms with Crippen molar-refractivity contribution in [2.75, 3.05) is 14.1 Å². The average molecular weight is 573 g/mol. The second kappa shape index (κ2) is 9.78. The fourth-order valence-corrected chi connectivity index (χ4v) is 7.43. The minimum atomic E-state index is -2.75. The van der Waals surface area contributed by atoms with E-state index in [1.54, 1.807) is 20.2 Å². The van der Waals surface area contributed by atoms with Gasteiger partial charge < -0.3 is 15.9 Å². The third-order valence-corrected chi connectivity index (χ3v) is 9.62. The van der Waals surface area contributed by atoms with Crippen LogP contribution >= 0.6 is 0 Å². The molecule has 10 heteroatoms. The Balaban J connectivity index is 1.39. The maximum absolute atomic E-state index is 14.0. The van der Waals surface area contributed by atoms with Crippen molar-refractivity contribution in [3.05, 3.63) is 53.1 Å². The van der Waals surface area contributed by atoms with Gasteiger partial charge in [-0.25, -0.2) is 0 Å². The lowest BCUT2D eigenvalue weighted by molar-refractivity contribution is -0.181. The van der Waals surface area contributed by atoms with Gasteiger partial charge in [0.25, 0.3) is 0 Å². The number of ketones is 5. The quantitative estimate of drug-likeness (QED) is 0.428. The van der Waals surface area contributed by atoms with Crippen LogP contribution in [0.4, 0.5) is 0 Å². The molecule has 0 aliphatic heterocycles. The van der Waals surface area contributed by atoms with Gasteiger partial charge in [-0.05, 0) is 74.0 Å². The van der Waals surface area contributed by atoms with E-state index in [9.17, 15) is 39.0 Å². The molecule has 0 bridgehead atoms. The molecule has 4 aliphatic carbocycles. The van der Waals surface area contributed by atoms with E-state index >= 15 is 0 Å². The summed E-state index contributed by atoms with van der Waals surface area (Å²) < 4.78 is 0. The number of hydrogen-bond acceptors (Lipinski definition) is 9. The van der Waals surface area contributed by atoms with E-state index in [0.717, 1.165) is 24.0 Å². The molecule has 0 saturated heterocycles. The Bertz CT molecular complexity index is 1570. The number of carbonyl (C=O) groups is 6. The molecule has 4 N–H and O–H groups in total. The van der Waals surface area contributed by atoms with Crippen molar-refractivity contribution in [1.82, 2.24) is 4.90 Å². The number of hydrogen-bond donors (Lipinski definition) is 3. The topological polar surface area (TPSA) is 172 Å². The minimum absolute atomic E-state index is 0.0127. The van der Waals surface area contributed by atoms with Crippen LogP contribution in [0.25, 0.3) is 11.1 Å². The number of carbonyl (C=O) groups excluding carboxylic acids is 6. The second-order valence-electron chi connectivity index (χ2n) is 12.4. The molecule has 0 aromatic heterocycles. The summed E-state index contributed by atoms with van der Waals surface area (Å²) in [7, 11) is 3.10. The Hall–Kier alpha value is -4.02. The number of primary amides is 1. The van der Waals surface area contributed by atoms with Crippen LogP contribution in [0.5, 0.6) is 5.75 Å². The number of aromatic hydroxyl groups is 1. The molecular weight excluding hydrogens is 540 g/mol. The summed E-state index contributed by atoms with van der Waals surface area (Å²) in [6.45, 7) is 0. The van der Waals surface area contributed by atoms with Gasteiger partial charge >= 0.3 is 0 Å². The highest BCUT2D eigenvalue weighted by molar-refractivity contribution is 6.32. The van der Waals surface area contributed by atoms with E-state index in [4.69, 9.17) is 5.73 Å². The first-order chi connectivity index (χ1) is 19.9. The lowest BCUT2D eigenvalue weighted by Crippen LogP contribution is -2.74. The number of fused-ring (bicyclic) bond motifs is 3. The summed E-state index contributed by atoms with van der Waals surface area (Å²) in [4.78, 5) is 80.4. The molecule has 0 radical (unpaired) electrons. The van der Waals surface area contributed by atoms with Crippen molar-refractivity contribution < 1.29 is 39.0 Å². The fourth-order valence-electron chi connectivity index (χ4n) is 7.43. The van der Waals surface area contributed by atoms with Crippen molar-refractivity contribution >= 4 is 34.8 Å². The largest absolute Gasteiger partial charge is 0.507 e. The third kappa shape index (κ3) is 4.07. The number of rotatable bonds is 6. The van der Waals surface area contributed by atoms with Crippen molar-refractivity contribution in [3.8, 4) is 16.9 Å². The van der Waals surface area contributed by atoms with Gasteiger partial charge in [0.05, 0.1) is 17.5 Å². The van der Waals surface area contributed by atoms with Crippen molar-refractivity contribution in [3.63, 3.8) is 0 Å². The number of benzene rings is 2. The third-order valence-electron chi connectivity index (χ3n) is 9.62. The molecular formula is C32H32N2O8. The molecule has 4 aliphatic rings. The summed E-state index contributed by atoms with van der Waals surface area (Å²) in [5.41, 5.74) is 5.41. The van der Waals surface area contributed by atoms with Crippen molar-refractivity contribution in [2.45, 2.75) is 43.7 Å². The van der Waals surface area contributed by atoms with Gasteiger partial charge in [-0.3, -0.25) is 33.7 Å². The highest BCUT2D eigenvalue weighted by Crippen LogP contribution is 2.51. The van der Waals surface area contributed by atoms with Gasteiger partial charge in [-0.1, -0.05) is 30.3 Å². The Labute approximate surface area is 241 Å². The lowest BCUT2D eigenvalue weighted by Gasteiger charge is -2.52. The van der Waals surface area contributed by atoms with E-state index in [0.29, 0.717) is 17.5 Å². The van der Waals surface area contributed by atoms with Crippen LogP contribution in [0.3, 0.4) is 0 Å². The second-order valence-corrected chi connectivity index (χ2v) is 12.4. The molecule has 2 unspecified atom stereocenters. The summed E-state index contributed by atoms with van der Waals surface area (Å²) >= 11 is 0. The first-order valence-electron chi connectivity index (χ1n) is 14.2. The standard InChI is InChI=1S/C32H32N2O8/c1-34(2)26-20-13-17-12-19-18(15-5-3-14(4-6-15)11-22(36)16-7-8-16)9-10-21(35)24(19)27(37)23(17)29(39)32(20,42)30(40)25(28(26)38)31(33)41/h3-6,9-10,16-17,20,23,25-26,35,42H,7-8,11-13H2,1-2H3,(H2,33,41)/t17-,20-,23?,25?,26-,32-/m1/s1. The molecule has 6 rings (SSSR count). The van der Waals surface area contributed by atoms with E-state index in [-0.39, 0.29) is 35.9 Å². The highest BCUT2D eigenvalue weighted by atomic mass is 16.3. The van der Waals surface area contributed by atoms with E-state index in [1.807, 2.05) is 24.3 Å². The molecule has 2 aromatic rings. The molecule has 10 nitrogen and oxygen atoms in total. The van der Waals surface area contributed by atoms with Gasteiger partial charge in [-0.15, -0.1) is 0 Å². The molecule has 1 amide bonds. The van der Waals surface area contributed by atoms with Gasteiger partial charge in [0.2, 0.25) is 5.91 Å². The number of nitrogens with two attached hydrogens (primary N) is 1. The molecule has 3 saturated carbocycles. The van der Waals surface area contributed by atoms with Gasteiger partial charge in [0, 0.05) is 18.3 Å². The number of aliphatic hydroxyl groups is 1. The first-order valence-corrected chi connectivity index (χ1v) is 14.2. The number of likely N-dealkylation sites (N-methyl/N-ethyl adjacent to an activating group) is 1. The van der Waals surface area contributed by atoms with Crippen LogP contribution in [0.15, 0.2) is 36.4 Å². The van der Waals surface area contributed by atoms with Crippen LogP contribution < -0.4 is 5.73 Å². The van der Waals surface area contributed by atoms with E-state index < -0.39 is 64.4 Å². The molecule has 42 heavy (non-hydrogen) atoms. The SMILES string of the molecule is CN(C)[C@H]1C(=O)C(C(N)=O)C(=O)[C@]2(O)C(=O)C3C(=O)c4c(O)ccc(-c5ccc(CC(=O)C6CC6)cc5)c4C[C@@H]3C[C@H]12. The molecule has 218 valence electrons. The Morgan fingerprint density at radius 3 is 2.26 bits per heavy atom. The zero-order chi connectivity index (χ0) is 30.2. The van der Waals surface area contributed by atoms with Crippen LogP contribution in [-0.2, 0) is 36.8 Å². The van der Waals surface area contributed by atoms with Crippen LogP contribution in [0.2, 0.25) is 0 Å². The van der Waals surface area contributed by atoms with Crippen LogP contribution in [-0.4, -0.2) is 75.7 Å². The smallest absolute Gasteiger partial charge is 0.235 e. The van der Waals surface area contributed by atoms with Gasteiger partial charge in [0.1, 0.15) is 11.5 Å².